The Morgan fingerprint density at radius 3 is 2.38 bits per heavy atom. The molecule has 0 saturated heterocycles. The SMILES string of the molecule is CN.O=CCCn1c(=O)nc(Nc2ccc(OCC3CC3)cc2)n(Cc2ccc(Cl)cc2)c1=O. The number of hydrogen-bond donors (Lipinski definition) is 2. The fourth-order valence-electron chi connectivity index (χ4n) is 3.18. The molecule has 9 nitrogen and oxygen atoms in total. The van der Waals surface area contributed by atoms with Gasteiger partial charge in [0.2, 0.25) is 5.95 Å². The molecule has 1 aliphatic carbocycles. The van der Waals surface area contributed by atoms with Crippen LogP contribution in [0.2, 0.25) is 5.02 Å². The number of aldehydes is 1. The van der Waals surface area contributed by atoms with Gasteiger partial charge in [-0.2, -0.15) is 4.98 Å². The first-order chi connectivity index (χ1) is 16.5. The van der Waals surface area contributed by atoms with Crippen molar-refractivity contribution in [3.63, 3.8) is 0 Å². The van der Waals surface area contributed by atoms with E-state index in [9.17, 15) is 14.4 Å². The number of rotatable bonds is 10. The molecule has 0 bridgehead atoms. The third-order valence-corrected chi connectivity index (χ3v) is 5.42. The highest BCUT2D eigenvalue weighted by molar-refractivity contribution is 6.30. The van der Waals surface area contributed by atoms with Crippen LogP contribution in [0.5, 0.6) is 5.75 Å². The zero-order valence-corrected chi connectivity index (χ0v) is 19.7. The number of benzene rings is 2. The van der Waals surface area contributed by atoms with Crippen molar-refractivity contribution in [3.8, 4) is 5.75 Å². The largest absolute Gasteiger partial charge is 0.493 e. The lowest BCUT2D eigenvalue weighted by Crippen LogP contribution is -2.42. The van der Waals surface area contributed by atoms with E-state index in [2.05, 4.69) is 16.0 Å². The molecule has 34 heavy (non-hydrogen) atoms. The first-order valence-corrected chi connectivity index (χ1v) is 11.4. The predicted octanol–water partition coefficient (Wildman–Crippen LogP) is 2.80. The molecule has 1 saturated carbocycles. The highest BCUT2D eigenvalue weighted by atomic mass is 35.5. The van der Waals surface area contributed by atoms with Crippen molar-refractivity contribution in [2.24, 2.45) is 11.7 Å². The molecule has 2 aromatic carbocycles. The summed E-state index contributed by atoms with van der Waals surface area (Å²) in [7, 11) is 1.50. The quantitative estimate of drug-likeness (QED) is 0.423. The van der Waals surface area contributed by atoms with Crippen LogP contribution in [0.3, 0.4) is 0 Å². The average Bonchev–Trinajstić information content (AvgIpc) is 3.68. The summed E-state index contributed by atoms with van der Waals surface area (Å²) in [6.45, 7) is 0.866. The number of hydrogen-bond acceptors (Lipinski definition) is 7. The lowest BCUT2D eigenvalue weighted by Gasteiger charge is -2.15. The number of carbonyl (C=O) groups is 1. The maximum Gasteiger partial charge on any atom is 0.354 e. The molecule has 0 radical (unpaired) electrons. The van der Waals surface area contributed by atoms with E-state index >= 15 is 0 Å². The molecule has 1 aliphatic rings. The minimum absolute atomic E-state index is 0.0257. The molecule has 0 unspecified atom stereocenters. The van der Waals surface area contributed by atoms with E-state index in [4.69, 9.17) is 16.3 Å². The Hall–Kier alpha value is -3.43. The van der Waals surface area contributed by atoms with Crippen molar-refractivity contribution >= 4 is 29.5 Å². The maximum atomic E-state index is 13.1. The van der Waals surface area contributed by atoms with E-state index in [-0.39, 0.29) is 25.5 Å². The smallest absolute Gasteiger partial charge is 0.354 e. The summed E-state index contributed by atoms with van der Waals surface area (Å²) in [4.78, 5) is 40.4. The monoisotopic (exact) mass is 485 g/mol. The summed E-state index contributed by atoms with van der Waals surface area (Å²) in [6.07, 6.45) is 3.14. The molecule has 1 aromatic heterocycles. The number of nitrogens with zero attached hydrogens (tertiary/aromatic N) is 3. The van der Waals surface area contributed by atoms with E-state index in [1.54, 1.807) is 36.4 Å². The van der Waals surface area contributed by atoms with Crippen LogP contribution in [0, 0.1) is 5.92 Å². The number of carbonyl (C=O) groups excluding carboxylic acids is 1. The van der Waals surface area contributed by atoms with Gasteiger partial charge in [0.1, 0.15) is 12.0 Å². The maximum absolute atomic E-state index is 13.1. The van der Waals surface area contributed by atoms with E-state index in [0.29, 0.717) is 29.5 Å². The highest BCUT2D eigenvalue weighted by Gasteiger charge is 2.21. The molecular formula is C24H28ClN5O4. The van der Waals surface area contributed by atoms with E-state index < -0.39 is 11.4 Å². The normalized spacial score (nSPS) is 12.4. The van der Waals surface area contributed by atoms with Gasteiger partial charge in [-0.3, -0.25) is 4.57 Å². The van der Waals surface area contributed by atoms with Crippen LogP contribution in [0.1, 0.15) is 24.8 Å². The Labute approximate surface area is 202 Å². The molecule has 0 aliphatic heterocycles. The average molecular weight is 486 g/mol. The van der Waals surface area contributed by atoms with Gasteiger partial charge in [0, 0.05) is 23.7 Å². The van der Waals surface area contributed by atoms with Gasteiger partial charge in [-0.1, -0.05) is 23.7 Å². The Morgan fingerprint density at radius 1 is 1.09 bits per heavy atom. The Kier molecular flexibility index (Phi) is 9.00. The molecule has 4 rings (SSSR count). The van der Waals surface area contributed by atoms with Gasteiger partial charge < -0.3 is 20.6 Å². The van der Waals surface area contributed by atoms with Crippen LogP contribution in [-0.2, 0) is 17.9 Å². The second-order valence-electron chi connectivity index (χ2n) is 7.72. The van der Waals surface area contributed by atoms with Gasteiger partial charge in [-0.25, -0.2) is 14.2 Å². The van der Waals surface area contributed by atoms with Crippen LogP contribution >= 0.6 is 11.6 Å². The number of halogens is 1. The third-order valence-electron chi connectivity index (χ3n) is 5.17. The van der Waals surface area contributed by atoms with E-state index in [1.807, 2.05) is 12.1 Å². The fraction of sp³-hybridized carbons (Fsp3) is 0.333. The molecule has 3 aromatic rings. The Bertz CT molecular complexity index is 1200. The van der Waals surface area contributed by atoms with Crippen molar-refractivity contribution < 1.29 is 9.53 Å². The van der Waals surface area contributed by atoms with Gasteiger partial charge in [-0.05, 0) is 67.8 Å². The molecule has 1 fully saturated rings. The van der Waals surface area contributed by atoms with Crippen molar-refractivity contribution in [2.45, 2.75) is 32.4 Å². The van der Waals surface area contributed by atoms with Crippen LogP contribution in [0.4, 0.5) is 11.6 Å². The van der Waals surface area contributed by atoms with Crippen LogP contribution in [0.25, 0.3) is 0 Å². The second-order valence-corrected chi connectivity index (χ2v) is 8.16. The molecular weight excluding hydrogens is 458 g/mol. The lowest BCUT2D eigenvalue weighted by molar-refractivity contribution is -0.108. The van der Waals surface area contributed by atoms with Crippen LogP contribution < -0.4 is 27.2 Å². The van der Waals surface area contributed by atoms with Crippen molar-refractivity contribution in [1.29, 1.82) is 0 Å². The predicted molar refractivity (Wildman–Crippen MR) is 132 cm³/mol. The van der Waals surface area contributed by atoms with E-state index in [1.165, 1.54) is 24.5 Å². The summed E-state index contributed by atoms with van der Waals surface area (Å²) in [6, 6.07) is 14.3. The van der Waals surface area contributed by atoms with Gasteiger partial charge in [0.25, 0.3) is 0 Å². The van der Waals surface area contributed by atoms with Crippen molar-refractivity contribution in [3.05, 3.63) is 80.1 Å². The summed E-state index contributed by atoms with van der Waals surface area (Å²) in [5.74, 6) is 1.53. The molecule has 180 valence electrons. The zero-order valence-electron chi connectivity index (χ0n) is 18.9. The number of nitrogens with two attached hydrogens (primary N) is 1. The van der Waals surface area contributed by atoms with E-state index in [0.717, 1.165) is 15.9 Å². The number of ether oxygens (including phenoxy) is 1. The third kappa shape index (κ3) is 6.79. The number of aromatic nitrogens is 3. The first kappa shape index (κ1) is 25.2. The summed E-state index contributed by atoms with van der Waals surface area (Å²) >= 11 is 5.96. The first-order valence-electron chi connectivity index (χ1n) is 11.0. The Balaban J connectivity index is 0.00000158. The molecule has 3 N–H and O–H groups in total. The zero-order chi connectivity index (χ0) is 24.5. The van der Waals surface area contributed by atoms with Crippen LogP contribution in [-0.4, -0.2) is 34.1 Å². The number of anilines is 2. The summed E-state index contributed by atoms with van der Waals surface area (Å²) < 4.78 is 8.08. The Morgan fingerprint density at radius 2 is 1.76 bits per heavy atom. The molecule has 0 spiro atoms. The molecule has 10 heteroatoms. The molecule has 0 atom stereocenters. The molecule has 1 heterocycles. The standard InChI is InChI=1S/C23H23ClN4O4.CH5N/c24-18-6-4-16(5-7-18)14-28-21(26-22(30)27(23(28)31)12-1-13-29)25-19-8-10-20(11-9-19)32-15-17-2-3-17;1-2/h4-11,13,17H,1-3,12,14-15H2,(H,25,26,30);2H2,1H3. The fourth-order valence-corrected chi connectivity index (χ4v) is 3.30. The minimum atomic E-state index is -0.712. The second kappa shape index (κ2) is 12.2. The van der Waals surface area contributed by atoms with Crippen molar-refractivity contribution in [1.82, 2.24) is 14.1 Å². The molecule has 0 amide bonds. The minimum Gasteiger partial charge on any atom is -0.493 e. The van der Waals surface area contributed by atoms with Gasteiger partial charge >= 0.3 is 11.4 Å². The summed E-state index contributed by atoms with van der Waals surface area (Å²) in [5.41, 5.74) is 4.71. The highest BCUT2D eigenvalue weighted by Crippen LogP contribution is 2.29. The van der Waals surface area contributed by atoms with Crippen molar-refractivity contribution in [2.75, 3.05) is 19.0 Å². The lowest BCUT2D eigenvalue weighted by atomic mass is 10.2. The summed E-state index contributed by atoms with van der Waals surface area (Å²) in [5, 5.41) is 3.64. The topological polar surface area (TPSA) is 121 Å². The number of nitrogens with one attached hydrogen (secondary N) is 1. The van der Waals surface area contributed by atoms with Gasteiger partial charge in [0.15, 0.2) is 0 Å². The van der Waals surface area contributed by atoms with Gasteiger partial charge in [0.05, 0.1) is 13.2 Å². The van der Waals surface area contributed by atoms with Crippen LogP contribution in [0.15, 0.2) is 58.1 Å². The van der Waals surface area contributed by atoms with Gasteiger partial charge in [-0.15, -0.1) is 0 Å².